The Morgan fingerprint density at radius 3 is 1.67 bits per heavy atom. The summed E-state index contributed by atoms with van der Waals surface area (Å²) < 4.78 is 1.99. The van der Waals surface area contributed by atoms with Crippen molar-refractivity contribution in [3.63, 3.8) is 0 Å². The number of aromatic nitrogens is 5. The highest BCUT2D eigenvalue weighted by Crippen LogP contribution is 2.26. The molecule has 4 aromatic rings. The number of aryl methyl sites for hydroxylation is 1. The van der Waals surface area contributed by atoms with Crippen LogP contribution in [0, 0.1) is 6.92 Å². The molecule has 0 unspecified atom stereocenters. The summed E-state index contributed by atoms with van der Waals surface area (Å²) in [5.74, 6) is 1.39. The van der Waals surface area contributed by atoms with Crippen LogP contribution in [0.1, 0.15) is 5.56 Å². The van der Waals surface area contributed by atoms with Crippen LogP contribution in [0.5, 0.6) is 0 Å². The van der Waals surface area contributed by atoms with Gasteiger partial charge >= 0.3 is 0 Å². The molecule has 4 rings (SSSR count). The zero-order chi connectivity index (χ0) is 16.4. The predicted octanol–water partition coefficient (Wildman–Crippen LogP) is 3.70. The summed E-state index contributed by atoms with van der Waals surface area (Å²) >= 11 is 0. The van der Waals surface area contributed by atoms with Crippen LogP contribution >= 0.6 is 0 Å². The SMILES string of the molecule is Cc1ccc(-n2c(-c3ccccn3)nnc2-c2ccccn2)cc1. The minimum Gasteiger partial charge on any atom is -0.272 e. The first kappa shape index (κ1) is 14.3. The second-order valence-corrected chi connectivity index (χ2v) is 5.45. The molecule has 3 heterocycles. The average molecular weight is 313 g/mol. The first-order chi connectivity index (χ1) is 11.8. The van der Waals surface area contributed by atoms with E-state index in [0.717, 1.165) is 17.1 Å². The van der Waals surface area contributed by atoms with E-state index in [1.54, 1.807) is 12.4 Å². The molecule has 0 aliphatic heterocycles. The summed E-state index contributed by atoms with van der Waals surface area (Å²) in [7, 11) is 0. The van der Waals surface area contributed by atoms with Crippen molar-refractivity contribution in [1.82, 2.24) is 24.7 Å². The Kier molecular flexibility index (Phi) is 3.59. The maximum Gasteiger partial charge on any atom is 0.187 e. The van der Waals surface area contributed by atoms with Crippen molar-refractivity contribution in [2.45, 2.75) is 6.92 Å². The highest BCUT2D eigenvalue weighted by atomic mass is 15.3. The van der Waals surface area contributed by atoms with Crippen LogP contribution in [-0.2, 0) is 0 Å². The van der Waals surface area contributed by atoms with Gasteiger partial charge in [0.05, 0.1) is 0 Å². The van der Waals surface area contributed by atoms with Crippen LogP contribution in [0.2, 0.25) is 0 Å². The van der Waals surface area contributed by atoms with Gasteiger partial charge in [-0.15, -0.1) is 10.2 Å². The average Bonchev–Trinajstić information content (AvgIpc) is 3.09. The molecule has 5 heteroatoms. The Hall–Kier alpha value is -3.34. The van der Waals surface area contributed by atoms with E-state index in [4.69, 9.17) is 0 Å². The highest BCUT2D eigenvalue weighted by molar-refractivity contribution is 5.62. The third-order valence-electron chi connectivity index (χ3n) is 3.74. The van der Waals surface area contributed by atoms with Gasteiger partial charge in [-0.3, -0.25) is 14.5 Å². The third-order valence-corrected chi connectivity index (χ3v) is 3.74. The normalized spacial score (nSPS) is 10.7. The quantitative estimate of drug-likeness (QED) is 0.578. The number of pyridine rings is 2. The van der Waals surface area contributed by atoms with E-state index >= 15 is 0 Å². The number of benzene rings is 1. The minimum atomic E-state index is 0.695. The second-order valence-electron chi connectivity index (χ2n) is 5.45. The van der Waals surface area contributed by atoms with Crippen molar-refractivity contribution in [3.05, 3.63) is 78.6 Å². The van der Waals surface area contributed by atoms with Crippen LogP contribution in [0.25, 0.3) is 28.7 Å². The van der Waals surface area contributed by atoms with E-state index < -0.39 is 0 Å². The second kappa shape index (κ2) is 6.04. The lowest BCUT2D eigenvalue weighted by Gasteiger charge is -2.10. The van der Waals surface area contributed by atoms with Crippen molar-refractivity contribution in [3.8, 4) is 28.7 Å². The fourth-order valence-corrected chi connectivity index (χ4v) is 2.54. The number of hydrogen-bond acceptors (Lipinski definition) is 4. The molecule has 0 N–H and O–H groups in total. The zero-order valence-electron chi connectivity index (χ0n) is 13.2. The summed E-state index contributed by atoms with van der Waals surface area (Å²) in [6, 6.07) is 19.8. The fourth-order valence-electron chi connectivity index (χ4n) is 2.54. The summed E-state index contributed by atoms with van der Waals surface area (Å²) in [6.45, 7) is 2.06. The largest absolute Gasteiger partial charge is 0.272 e. The number of hydrogen-bond donors (Lipinski definition) is 0. The van der Waals surface area contributed by atoms with E-state index in [-0.39, 0.29) is 0 Å². The molecule has 0 atom stereocenters. The maximum absolute atomic E-state index is 4.42. The Balaban J connectivity index is 1.96. The summed E-state index contributed by atoms with van der Waals surface area (Å²) in [5.41, 5.74) is 3.72. The molecule has 0 saturated heterocycles. The Bertz CT molecular complexity index is 887. The maximum atomic E-state index is 4.42. The van der Waals surface area contributed by atoms with Crippen LogP contribution in [0.3, 0.4) is 0 Å². The van der Waals surface area contributed by atoms with Crippen molar-refractivity contribution >= 4 is 0 Å². The van der Waals surface area contributed by atoms with E-state index in [0.29, 0.717) is 11.6 Å². The van der Waals surface area contributed by atoms with Crippen molar-refractivity contribution in [2.24, 2.45) is 0 Å². The molecule has 0 fully saturated rings. The Morgan fingerprint density at radius 1 is 0.667 bits per heavy atom. The Labute approximate surface area is 139 Å². The van der Waals surface area contributed by atoms with Gasteiger partial charge < -0.3 is 0 Å². The van der Waals surface area contributed by atoms with Gasteiger partial charge in [0.1, 0.15) is 11.4 Å². The molecule has 0 saturated carbocycles. The van der Waals surface area contributed by atoms with Crippen LogP contribution < -0.4 is 0 Å². The molecule has 0 aliphatic carbocycles. The summed E-state index contributed by atoms with van der Waals surface area (Å²) in [6.07, 6.45) is 3.51. The van der Waals surface area contributed by atoms with Crippen LogP contribution in [0.15, 0.2) is 73.1 Å². The van der Waals surface area contributed by atoms with Gasteiger partial charge in [-0.25, -0.2) is 0 Å². The first-order valence-electron chi connectivity index (χ1n) is 7.68. The summed E-state index contributed by atoms with van der Waals surface area (Å²) in [5, 5.41) is 8.74. The fraction of sp³-hybridized carbons (Fsp3) is 0.0526. The van der Waals surface area contributed by atoms with Crippen molar-refractivity contribution in [1.29, 1.82) is 0 Å². The lowest BCUT2D eigenvalue weighted by atomic mass is 10.2. The lowest BCUT2D eigenvalue weighted by Crippen LogP contribution is -2.02. The molecule has 0 bridgehead atoms. The third kappa shape index (κ3) is 2.56. The topological polar surface area (TPSA) is 56.5 Å². The number of nitrogens with zero attached hydrogens (tertiary/aromatic N) is 5. The molecular formula is C19H15N5. The molecule has 24 heavy (non-hydrogen) atoms. The van der Waals surface area contributed by atoms with Gasteiger partial charge in [-0.1, -0.05) is 29.8 Å². The molecule has 0 aliphatic rings. The highest BCUT2D eigenvalue weighted by Gasteiger charge is 2.18. The molecule has 5 nitrogen and oxygen atoms in total. The Morgan fingerprint density at radius 2 is 1.21 bits per heavy atom. The zero-order valence-corrected chi connectivity index (χ0v) is 13.2. The number of rotatable bonds is 3. The van der Waals surface area contributed by atoms with Crippen molar-refractivity contribution < 1.29 is 0 Å². The molecule has 116 valence electrons. The molecular weight excluding hydrogens is 298 g/mol. The smallest absolute Gasteiger partial charge is 0.187 e. The molecule has 0 amide bonds. The standard InChI is InChI=1S/C19H15N5/c1-14-8-10-15(11-9-14)24-18(16-6-2-4-12-20-16)22-23-19(24)17-7-3-5-13-21-17/h2-13H,1H3. The van der Waals surface area contributed by atoms with E-state index in [1.807, 2.05) is 41.0 Å². The van der Waals surface area contributed by atoms with E-state index in [2.05, 4.69) is 51.4 Å². The van der Waals surface area contributed by atoms with Gasteiger partial charge in [-0.2, -0.15) is 0 Å². The van der Waals surface area contributed by atoms with Crippen LogP contribution in [0.4, 0.5) is 0 Å². The first-order valence-corrected chi connectivity index (χ1v) is 7.68. The van der Waals surface area contributed by atoms with E-state index in [9.17, 15) is 0 Å². The predicted molar refractivity (Wildman–Crippen MR) is 92.6 cm³/mol. The van der Waals surface area contributed by atoms with E-state index in [1.165, 1.54) is 5.56 Å². The lowest BCUT2D eigenvalue weighted by molar-refractivity contribution is 1.04. The van der Waals surface area contributed by atoms with Gasteiger partial charge in [0.15, 0.2) is 11.6 Å². The molecule has 0 spiro atoms. The van der Waals surface area contributed by atoms with Gasteiger partial charge in [0.2, 0.25) is 0 Å². The molecule has 1 aromatic carbocycles. The van der Waals surface area contributed by atoms with Gasteiger partial charge in [0.25, 0.3) is 0 Å². The molecule has 3 aromatic heterocycles. The minimum absolute atomic E-state index is 0.695. The monoisotopic (exact) mass is 313 g/mol. The summed E-state index contributed by atoms with van der Waals surface area (Å²) in [4.78, 5) is 8.83. The van der Waals surface area contributed by atoms with Crippen molar-refractivity contribution in [2.75, 3.05) is 0 Å². The van der Waals surface area contributed by atoms with Crippen LogP contribution in [-0.4, -0.2) is 24.7 Å². The molecule has 0 radical (unpaired) electrons. The van der Waals surface area contributed by atoms with Gasteiger partial charge in [-0.05, 0) is 43.3 Å². The van der Waals surface area contributed by atoms with Gasteiger partial charge in [0, 0.05) is 18.1 Å².